The lowest BCUT2D eigenvalue weighted by Gasteiger charge is -2.10. The summed E-state index contributed by atoms with van der Waals surface area (Å²) in [5.74, 6) is -0.124. The Morgan fingerprint density at radius 1 is 1.26 bits per heavy atom. The van der Waals surface area contributed by atoms with Crippen LogP contribution in [0.5, 0.6) is 0 Å². The molecule has 0 fully saturated rings. The van der Waals surface area contributed by atoms with Gasteiger partial charge >= 0.3 is 0 Å². The van der Waals surface area contributed by atoms with Gasteiger partial charge in [-0.2, -0.15) is 0 Å². The van der Waals surface area contributed by atoms with Crippen LogP contribution in [0.3, 0.4) is 0 Å². The summed E-state index contributed by atoms with van der Waals surface area (Å²) in [6.07, 6.45) is 1.60. The molecule has 0 saturated carbocycles. The fourth-order valence-corrected chi connectivity index (χ4v) is 1.82. The Kier molecular flexibility index (Phi) is 4.13. The van der Waals surface area contributed by atoms with E-state index in [0.717, 1.165) is 16.9 Å². The molecule has 1 aromatic heterocycles. The van der Waals surface area contributed by atoms with Crippen molar-refractivity contribution in [2.75, 3.05) is 12.4 Å². The van der Waals surface area contributed by atoms with Crippen molar-refractivity contribution in [2.24, 2.45) is 0 Å². The number of hydrogen-bond acceptors (Lipinski definition) is 3. The van der Waals surface area contributed by atoms with E-state index in [1.807, 2.05) is 43.3 Å². The predicted octanol–water partition coefficient (Wildman–Crippen LogP) is 2.36. The first-order valence-corrected chi connectivity index (χ1v) is 6.17. The quantitative estimate of drug-likeness (QED) is 0.881. The number of benzene rings is 1. The topological polar surface area (TPSA) is 54.0 Å². The maximum atomic E-state index is 12.1. The molecule has 1 amide bonds. The number of pyridine rings is 1. The van der Waals surface area contributed by atoms with Crippen LogP contribution in [0, 0.1) is 6.92 Å². The van der Waals surface area contributed by atoms with Crippen LogP contribution in [-0.2, 0) is 6.54 Å². The molecule has 1 heterocycles. The normalized spacial score (nSPS) is 10.0. The third-order valence-corrected chi connectivity index (χ3v) is 2.85. The molecule has 98 valence electrons. The standard InChI is InChI=1S/C15H17N3O/c1-11-8-14(16-2)13(10-17-11)15(19)18-9-12-6-4-3-5-7-12/h3-8,10H,9H2,1-2H3,(H,16,17)(H,18,19). The highest BCUT2D eigenvalue weighted by molar-refractivity contribution is 5.99. The molecule has 19 heavy (non-hydrogen) atoms. The van der Waals surface area contributed by atoms with E-state index in [1.54, 1.807) is 13.2 Å². The Balaban J connectivity index is 2.08. The van der Waals surface area contributed by atoms with Crippen molar-refractivity contribution < 1.29 is 4.79 Å². The molecule has 2 N–H and O–H groups in total. The molecule has 2 aromatic rings. The van der Waals surface area contributed by atoms with Crippen LogP contribution in [0.25, 0.3) is 0 Å². The van der Waals surface area contributed by atoms with Gasteiger partial charge in [0.15, 0.2) is 0 Å². The lowest BCUT2D eigenvalue weighted by molar-refractivity contribution is 0.0951. The highest BCUT2D eigenvalue weighted by Gasteiger charge is 2.11. The van der Waals surface area contributed by atoms with Gasteiger partial charge in [0.1, 0.15) is 0 Å². The van der Waals surface area contributed by atoms with Crippen LogP contribution in [-0.4, -0.2) is 17.9 Å². The number of carbonyl (C=O) groups is 1. The van der Waals surface area contributed by atoms with Gasteiger partial charge in [-0.05, 0) is 18.6 Å². The summed E-state index contributed by atoms with van der Waals surface area (Å²) in [7, 11) is 1.79. The van der Waals surface area contributed by atoms with Crippen molar-refractivity contribution >= 4 is 11.6 Å². The molecule has 0 atom stereocenters. The van der Waals surface area contributed by atoms with Crippen LogP contribution >= 0.6 is 0 Å². The Hall–Kier alpha value is -2.36. The average Bonchev–Trinajstić information content (AvgIpc) is 2.45. The van der Waals surface area contributed by atoms with Crippen molar-refractivity contribution in [1.82, 2.24) is 10.3 Å². The minimum atomic E-state index is -0.124. The first-order valence-electron chi connectivity index (χ1n) is 6.17. The van der Waals surface area contributed by atoms with Crippen LogP contribution in [0.15, 0.2) is 42.6 Å². The highest BCUT2D eigenvalue weighted by Crippen LogP contribution is 2.14. The van der Waals surface area contributed by atoms with Gasteiger partial charge in [-0.15, -0.1) is 0 Å². The van der Waals surface area contributed by atoms with Gasteiger partial charge in [-0.25, -0.2) is 0 Å². The second kappa shape index (κ2) is 6.00. The van der Waals surface area contributed by atoms with E-state index >= 15 is 0 Å². The molecule has 0 radical (unpaired) electrons. The van der Waals surface area contributed by atoms with Gasteiger partial charge in [0.05, 0.1) is 11.3 Å². The van der Waals surface area contributed by atoms with E-state index in [-0.39, 0.29) is 5.91 Å². The van der Waals surface area contributed by atoms with Gasteiger partial charge in [0.2, 0.25) is 0 Å². The Morgan fingerprint density at radius 3 is 2.68 bits per heavy atom. The summed E-state index contributed by atoms with van der Waals surface area (Å²) in [6, 6.07) is 11.7. The fourth-order valence-electron chi connectivity index (χ4n) is 1.82. The second-order valence-corrected chi connectivity index (χ2v) is 4.29. The van der Waals surface area contributed by atoms with Crippen LogP contribution < -0.4 is 10.6 Å². The molecule has 1 aromatic carbocycles. The third-order valence-electron chi connectivity index (χ3n) is 2.85. The van der Waals surface area contributed by atoms with E-state index in [9.17, 15) is 4.79 Å². The largest absolute Gasteiger partial charge is 0.387 e. The zero-order valence-corrected chi connectivity index (χ0v) is 11.1. The molecule has 0 aliphatic carbocycles. The SMILES string of the molecule is CNc1cc(C)ncc1C(=O)NCc1ccccc1. The fraction of sp³-hybridized carbons (Fsp3) is 0.200. The molecule has 0 aliphatic heterocycles. The molecule has 2 rings (SSSR count). The van der Waals surface area contributed by atoms with Crippen molar-refractivity contribution in [1.29, 1.82) is 0 Å². The first-order chi connectivity index (χ1) is 9.20. The number of nitrogens with one attached hydrogen (secondary N) is 2. The molecule has 0 unspecified atom stereocenters. The highest BCUT2D eigenvalue weighted by atomic mass is 16.1. The van der Waals surface area contributed by atoms with Crippen LogP contribution in [0.4, 0.5) is 5.69 Å². The molecule has 4 heteroatoms. The van der Waals surface area contributed by atoms with E-state index in [4.69, 9.17) is 0 Å². The number of anilines is 1. The number of aromatic nitrogens is 1. The summed E-state index contributed by atoms with van der Waals surface area (Å²) in [4.78, 5) is 16.3. The summed E-state index contributed by atoms with van der Waals surface area (Å²) < 4.78 is 0. The van der Waals surface area contributed by atoms with E-state index in [2.05, 4.69) is 15.6 Å². The lowest BCUT2D eigenvalue weighted by Crippen LogP contribution is -2.24. The van der Waals surface area contributed by atoms with E-state index in [1.165, 1.54) is 0 Å². The maximum absolute atomic E-state index is 12.1. The lowest BCUT2D eigenvalue weighted by atomic mass is 10.2. The minimum Gasteiger partial charge on any atom is -0.387 e. The summed E-state index contributed by atoms with van der Waals surface area (Å²) in [5.41, 5.74) is 3.30. The maximum Gasteiger partial charge on any atom is 0.255 e. The number of hydrogen-bond donors (Lipinski definition) is 2. The number of aryl methyl sites for hydroxylation is 1. The zero-order chi connectivity index (χ0) is 13.7. The Labute approximate surface area is 112 Å². The monoisotopic (exact) mass is 255 g/mol. The number of carbonyl (C=O) groups excluding carboxylic acids is 1. The summed E-state index contributed by atoms with van der Waals surface area (Å²) in [5, 5.41) is 5.91. The van der Waals surface area contributed by atoms with Gasteiger partial charge in [-0.3, -0.25) is 9.78 Å². The number of nitrogens with zero attached hydrogens (tertiary/aromatic N) is 1. The average molecular weight is 255 g/mol. The molecular weight excluding hydrogens is 238 g/mol. The molecule has 0 bridgehead atoms. The molecule has 4 nitrogen and oxygen atoms in total. The molecule has 0 saturated heterocycles. The zero-order valence-electron chi connectivity index (χ0n) is 11.1. The van der Waals surface area contributed by atoms with Crippen LogP contribution in [0.2, 0.25) is 0 Å². The smallest absolute Gasteiger partial charge is 0.255 e. The Morgan fingerprint density at radius 2 is 2.00 bits per heavy atom. The van der Waals surface area contributed by atoms with E-state index < -0.39 is 0 Å². The minimum absolute atomic E-state index is 0.124. The third kappa shape index (κ3) is 3.31. The van der Waals surface area contributed by atoms with Crippen molar-refractivity contribution in [3.63, 3.8) is 0 Å². The summed E-state index contributed by atoms with van der Waals surface area (Å²) in [6.45, 7) is 2.41. The first kappa shape index (κ1) is 13.1. The van der Waals surface area contributed by atoms with Gasteiger partial charge < -0.3 is 10.6 Å². The van der Waals surface area contributed by atoms with Crippen molar-refractivity contribution in [3.05, 3.63) is 59.4 Å². The number of amides is 1. The van der Waals surface area contributed by atoms with Gasteiger partial charge in [-0.1, -0.05) is 30.3 Å². The second-order valence-electron chi connectivity index (χ2n) is 4.29. The van der Waals surface area contributed by atoms with Crippen LogP contribution in [0.1, 0.15) is 21.6 Å². The van der Waals surface area contributed by atoms with Crippen molar-refractivity contribution in [2.45, 2.75) is 13.5 Å². The predicted molar refractivity (Wildman–Crippen MR) is 76.1 cm³/mol. The molecule has 0 aliphatic rings. The molecule has 0 spiro atoms. The van der Waals surface area contributed by atoms with E-state index in [0.29, 0.717) is 12.1 Å². The van der Waals surface area contributed by atoms with Gasteiger partial charge in [0.25, 0.3) is 5.91 Å². The number of rotatable bonds is 4. The molecular formula is C15H17N3O. The Bertz CT molecular complexity index is 567. The van der Waals surface area contributed by atoms with Gasteiger partial charge in [0, 0.05) is 25.5 Å². The van der Waals surface area contributed by atoms with Crippen molar-refractivity contribution in [3.8, 4) is 0 Å². The summed E-state index contributed by atoms with van der Waals surface area (Å²) >= 11 is 0.